The molecule has 0 atom stereocenters. The van der Waals surface area contributed by atoms with Gasteiger partial charge in [0, 0.05) is 19.5 Å². The number of nitrogens with zero attached hydrogens (tertiary/aromatic N) is 3. The van der Waals surface area contributed by atoms with Gasteiger partial charge in [-0.05, 0) is 11.3 Å². The Hall–Kier alpha value is -2.11. The van der Waals surface area contributed by atoms with Crippen molar-refractivity contribution in [3.05, 3.63) is 29.3 Å². The number of aryl methyl sites for hydroxylation is 1. The Kier molecular flexibility index (Phi) is 4.39. The van der Waals surface area contributed by atoms with Crippen LogP contribution in [0.5, 0.6) is 0 Å². The first-order chi connectivity index (χ1) is 10.2. The summed E-state index contributed by atoms with van der Waals surface area (Å²) in [4.78, 5) is 12.4. The van der Waals surface area contributed by atoms with Crippen molar-refractivity contribution in [2.24, 2.45) is 12.5 Å². The van der Waals surface area contributed by atoms with E-state index in [4.69, 9.17) is 4.52 Å². The highest BCUT2D eigenvalue weighted by Crippen LogP contribution is 2.23. The number of nitrogens with one attached hydrogen (secondary N) is 1. The maximum absolute atomic E-state index is 12.4. The van der Waals surface area contributed by atoms with Crippen LogP contribution >= 0.6 is 0 Å². The molecule has 0 saturated heterocycles. The van der Waals surface area contributed by atoms with Crippen molar-refractivity contribution in [1.29, 1.82) is 0 Å². The Morgan fingerprint density at radius 1 is 1.41 bits per heavy atom. The predicted molar refractivity (Wildman–Crippen MR) is 84.9 cm³/mol. The zero-order chi connectivity index (χ0) is 16.5. The van der Waals surface area contributed by atoms with E-state index in [1.54, 1.807) is 16.9 Å². The van der Waals surface area contributed by atoms with Crippen LogP contribution in [0.4, 0.5) is 5.82 Å². The van der Waals surface area contributed by atoms with Gasteiger partial charge in [-0.2, -0.15) is 5.10 Å². The summed E-state index contributed by atoms with van der Waals surface area (Å²) in [6.07, 6.45) is 2.35. The largest absolute Gasteiger partial charge is 0.359 e. The minimum absolute atomic E-state index is 0.106. The summed E-state index contributed by atoms with van der Waals surface area (Å²) in [5.41, 5.74) is 1.57. The summed E-state index contributed by atoms with van der Waals surface area (Å²) >= 11 is 0. The van der Waals surface area contributed by atoms with Crippen molar-refractivity contribution < 1.29 is 9.32 Å². The third-order valence-electron chi connectivity index (χ3n) is 3.28. The Bertz CT molecular complexity index is 662. The fourth-order valence-corrected chi connectivity index (χ4v) is 2.47. The third kappa shape index (κ3) is 3.75. The molecule has 0 bridgehead atoms. The summed E-state index contributed by atoms with van der Waals surface area (Å²) in [6, 6.07) is 1.77. The zero-order valence-electron chi connectivity index (χ0n) is 14.1. The second-order valence-corrected chi connectivity index (χ2v) is 7.09. The minimum atomic E-state index is -0.215. The van der Waals surface area contributed by atoms with Gasteiger partial charge in [0.05, 0.1) is 17.5 Å². The molecule has 2 heterocycles. The highest BCUT2D eigenvalue weighted by molar-refractivity contribution is 6.04. The minimum Gasteiger partial charge on any atom is -0.359 e. The molecular weight excluding hydrogens is 280 g/mol. The van der Waals surface area contributed by atoms with Gasteiger partial charge < -0.3 is 9.84 Å². The lowest BCUT2D eigenvalue weighted by Crippen LogP contribution is -2.15. The summed E-state index contributed by atoms with van der Waals surface area (Å²) in [5.74, 6) is 1.19. The smallest absolute Gasteiger partial charge is 0.260 e. The van der Waals surface area contributed by atoms with Crippen molar-refractivity contribution >= 4 is 11.7 Å². The van der Waals surface area contributed by atoms with E-state index in [0.717, 1.165) is 17.9 Å². The molecule has 22 heavy (non-hydrogen) atoms. The van der Waals surface area contributed by atoms with Crippen molar-refractivity contribution in [1.82, 2.24) is 14.9 Å². The second-order valence-electron chi connectivity index (χ2n) is 7.09. The number of carbonyl (C=O) groups is 1. The first-order valence-electron chi connectivity index (χ1n) is 7.46. The van der Waals surface area contributed by atoms with Crippen molar-refractivity contribution in [3.63, 3.8) is 0 Å². The predicted octanol–water partition coefficient (Wildman–Crippen LogP) is 3.37. The maximum Gasteiger partial charge on any atom is 0.260 e. The molecule has 0 aromatic carbocycles. The number of rotatable bonds is 4. The quantitative estimate of drug-likeness (QED) is 0.940. The SMILES string of the molecule is CC(C)c1c(C(=O)Nc2cc(CC(C)(C)C)on2)cnn1C. The van der Waals surface area contributed by atoms with Crippen molar-refractivity contribution in [2.75, 3.05) is 5.32 Å². The molecule has 2 rings (SSSR count). The summed E-state index contributed by atoms with van der Waals surface area (Å²) in [6.45, 7) is 10.4. The van der Waals surface area contributed by atoms with Crippen molar-refractivity contribution in [2.45, 2.75) is 47.0 Å². The normalized spacial score (nSPS) is 12.0. The number of carbonyl (C=O) groups excluding carboxylic acids is 1. The van der Waals surface area contributed by atoms with Gasteiger partial charge in [-0.1, -0.05) is 39.8 Å². The molecule has 0 unspecified atom stereocenters. The van der Waals surface area contributed by atoms with E-state index < -0.39 is 0 Å². The monoisotopic (exact) mass is 304 g/mol. The summed E-state index contributed by atoms with van der Waals surface area (Å²) < 4.78 is 7.00. The Morgan fingerprint density at radius 2 is 2.09 bits per heavy atom. The number of hydrogen-bond donors (Lipinski definition) is 1. The number of hydrogen-bond acceptors (Lipinski definition) is 4. The molecule has 120 valence electrons. The Balaban J connectivity index is 2.13. The van der Waals surface area contributed by atoms with Gasteiger partial charge in [0.1, 0.15) is 5.76 Å². The van der Waals surface area contributed by atoms with Gasteiger partial charge >= 0.3 is 0 Å². The van der Waals surface area contributed by atoms with Gasteiger partial charge in [0.2, 0.25) is 0 Å². The first kappa shape index (κ1) is 16.3. The lowest BCUT2D eigenvalue weighted by molar-refractivity contribution is 0.102. The maximum atomic E-state index is 12.4. The average molecular weight is 304 g/mol. The van der Waals surface area contributed by atoms with E-state index >= 15 is 0 Å². The number of anilines is 1. The van der Waals surface area contributed by atoms with Crippen molar-refractivity contribution in [3.8, 4) is 0 Å². The van der Waals surface area contributed by atoms with Gasteiger partial charge in [0.25, 0.3) is 5.91 Å². The van der Waals surface area contributed by atoms with Crippen LogP contribution < -0.4 is 5.32 Å². The van der Waals surface area contributed by atoms with E-state index in [1.807, 2.05) is 20.9 Å². The molecule has 6 nitrogen and oxygen atoms in total. The summed E-state index contributed by atoms with van der Waals surface area (Å²) in [7, 11) is 1.84. The highest BCUT2D eigenvalue weighted by atomic mass is 16.5. The average Bonchev–Trinajstić information content (AvgIpc) is 2.93. The Morgan fingerprint density at radius 3 is 2.68 bits per heavy atom. The van der Waals surface area contributed by atoms with E-state index in [-0.39, 0.29) is 17.2 Å². The summed E-state index contributed by atoms with van der Waals surface area (Å²) in [5, 5.41) is 10.9. The molecule has 2 aromatic rings. The molecule has 6 heteroatoms. The molecule has 1 amide bonds. The molecule has 0 aliphatic carbocycles. The topological polar surface area (TPSA) is 73.0 Å². The molecule has 1 N–H and O–H groups in total. The van der Waals surface area contributed by atoms with Crippen LogP contribution in [0.15, 0.2) is 16.8 Å². The highest BCUT2D eigenvalue weighted by Gasteiger charge is 2.20. The standard InChI is InChI=1S/C16H24N4O2/c1-10(2)14-12(9-17-20(14)6)15(21)18-13-7-11(22-19-13)8-16(3,4)5/h7,9-10H,8H2,1-6H3,(H,18,19,21). The van der Waals surface area contributed by atoms with Crippen LogP contribution in [-0.2, 0) is 13.5 Å². The van der Waals surface area contributed by atoms with Gasteiger partial charge in [0.15, 0.2) is 5.82 Å². The van der Waals surface area contributed by atoms with Crippen LogP contribution in [-0.4, -0.2) is 20.8 Å². The fourth-order valence-electron chi connectivity index (χ4n) is 2.47. The molecule has 0 fully saturated rings. The molecule has 0 spiro atoms. The number of aromatic nitrogens is 3. The third-order valence-corrected chi connectivity index (χ3v) is 3.28. The number of amides is 1. The van der Waals surface area contributed by atoms with Crippen LogP contribution in [0, 0.1) is 5.41 Å². The lowest BCUT2D eigenvalue weighted by atomic mass is 9.91. The fraction of sp³-hybridized carbons (Fsp3) is 0.562. The van der Waals surface area contributed by atoms with E-state index in [2.05, 4.69) is 36.3 Å². The zero-order valence-corrected chi connectivity index (χ0v) is 14.1. The van der Waals surface area contributed by atoms with Gasteiger partial charge in [-0.3, -0.25) is 9.48 Å². The first-order valence-corrected chi connectivity index (χ1v) is 7.46. The Labute approximate surface area is 130 Å². The van der Waals surface area contributed by atoms with Crippen LogP contribution in [0.3, 0.4) is 0 Å². The molecule has 0 aliphatic heterocycles. The second kappa shape index (κ2) is 5.94. The van der Waals surface area contributed by atoms with Gasteiger partial charge in [-0.25, -0.2) is 0 Å². The molecular formula is C16H24N4O2. The van der Waals surface area contributed by atoms with E-state index in [9.17, 15) is 4.79 Å². The van der Waals surface area contributed by atoms with Crippen LogP contribution in [0.25, 0.3) is 0 Å². The van der Waals surface area contributed by atoms with E-state index in [0.29, 0.717) is 11.4 Å². The van der Waals surface area contributed by atoms with Crippen LogP contribution in [0.2, 0.25) is 0 Å². The molecule has 2 aromatic heterocycles. The van der Waals surface area contributed by atoms with Gasteiger partial charge in [-0.15, -0.1) is 0 Å². The molecule has 0 radical (unpaired) electrons. The van der Waals surface area contributed by atoms with E-state index in [1.165, 1.54) is 0 Å². The molecule has 0 saturated carbocycles. The van der Waals surface area contributed by atoms with Crippen LogP contribution in [0.1, 0.15) is 62.3 Å². The molecule has 0 aliphatic rings. The lowest BCUT2D eigenvalue weighted by Gasteiger charge is -2.14.